The van der Waals surface area contributed by atoms with E-state index in [9.17, 15) is 5.11 Å². The predicted octanol–water partition coefficient (Wildman–Crippen LogP) is 2.07. The highest BCUT2D eigenvalue weighted by Crippen LogP contribution is 2.27. The van der Waals surface area contributed by atoms with Crippen molar-refractivity contribution in [1.82, 2.24) is 0 Å². The van der Waals surface area contributed by atoms with Crippen LogP contribution in [0.3, 0.4) is 0 Å². The van der Waals surface area contributed by atoms with Gasteiger partial charge in [0.25, 0.3) is 0 Å². The lowest BCUT2D eigenvalue weighted by atomic mass is 10.2. The Morgan fingerprint density at radius 2 is 1.90 bits per heavy atom. The standard InChI is InChI=1S/C17H20N2O2/c18-14-5-7-16(8-6-14)21-12-15(20)11-19-10-9-13-3-1-2-4-17(13)19/h1-8,15,20H,9-12,18H2. The highest BCUT2D eigenvalue weighted by molar-refractivity contribution is 5.57. The zero-order chi connectivity index (χ0) is 14.7. The van der Waals surface area contributed by atoms with Crippen molar-refractivity contribution in [3.63, 3.8) is 0 Å². The first-order chi connectivity index (χ1) is 10.2. The van der Waals surface area contributed by atoms with E-state index in [4.69, 9.17) is 10.5 Å². The van der Waals surface area contributed by atoms with E-state index in [1.165, 1.54) is 11.3 Å². The normalized spacial score (nSPS) is 14.8. The van der Waals surface area contributed by atoms with Crippen LogP contribution in [0.2, 0.25) is 0 Å². The number of fused-ring (bicyclic) bond motifs is 1. The molecule has 1 unspecified atom stereocenters. The molecule has 2 aromatic rings. The molecule has 1 atom stereocenters. The van der Waals surface area contributed by atoms with E-state index in [2.05, 4.69) is 23.1 Å². The van der Waals surface area contributed by atoms with Gasteiger partial charge in [0.2, 0.25) is 0 Å². The average molecular weight is 284 g/mol. The van der Waals surface area contributed by atoms with E-state index in [1.54, 1.807) is 12.1 Å². The van der Waals surface area contributed by atoms with Gasteiger partial charge < -0.3 is 20.5 Å². The van der Waals surface area contributed by atoms with Crippen molar-refractivity contribution in [3.8, 4) is 5.75 Å². The highest BCUT2D eigenvalue weighted by Gasteiger charge is 2.20. The first-order valence-corrected chi connectivity index (χ1v) is 7.21. The number of nitrogen functional groups attached to an aromatic ring is 1. The molecule has 4 heteroatoms. The molecule has 0 radical (unpaired) electrons. The average Bonchev–Trinajstić information content (AvgIpc) is 2.90. The van der Waals surface area contributed by atoms with Crippen LogP contribution in [0.5, 0.6) is 5.75 Å². The van der Waals surface area contributed by atoms with Crippen molar-refractivity contribution >= 4 is 11.4 Å². The molecule has 0 spiro atoms. The van der Waals surface area contributed by atoms with E-state index < -0.39 is 6.10 Å². The van der Waals surface area contributed by atoms with Crippen LogP contribution in [-0.4, -0.2) is 30.9 Å². The minimum Gasteiger partial charge on any atom is -0.491 e. The van der Waals surface area contributed by atoms with Crippen molar-refractivity contribution in [1.29, 1.82) is 0 Å². The van der Waals surface area contributed by atoms with Gasteiger partial charge >= 0.3 is 0 Å². The van der Waals surface area contributed by atoms with Gasteiger partial charge in [0, 0.05) is 24.5 Å². The number of aliphatic hydroxyl groups excluding tert-OH is 1. The Morgan fingerprint density at radius 3 is 2.71 bits per heavy atom. The molecule has 0 saturated carbocycles. The fourth-order valence-electron chi connectivity index (χ4n) is 2.66. The second-order valence-electron chi connectivity index (χ2n) is 5.36. The maximum absolute atomic E-state index is 10.2. The van der Waals surface area contributed by atoms with Gasteiger partial charge in [0.05, 0.1) is 0 Å². The molecule has 1 heterocycles. The van der Waals surface area contributed by atoms with Crippen molar-refractivity contribution in [3.05, 3.63) is 54.1 Å². The van der Waals surface area contributed by atoms with Gasteiger partial charge in [0.1, 0.15) is 18.5 Å². The number of hydrogen-bond acceptors (Lipinski definition) is 4. The monoisotopic (exact) mass is 284 g/mol. The Balaban J connectivity index is 1.53. The summed E-state index contributed by atoms with van der Waals surface area (Å²) in [6.45, 7) is 1.83. The van der Waals surface area contributed by atoms with Crippen LogP contribution in [0.4, 0.5) is 11.4 Å². The summed E-state index contributed by atoms with van der Waals surface area (Å²) >= 11 is 0. The fourth-order valence-corrected chi connectivity index (χ4v) is 2.66. The summed E-state index contributed by atoms with van der Waals surface area (Å²) in [5.74, 6) is 0.727. The summed E-state index contributed by atoms with van der Waals surface area (Å²) in [5.41, 5.74) is 8.91. The van der Waals surface area contributed by atoms with Crippen LogP contribution in [0.15, 0.2) is 48.5 Å². The van der Waals surface area contributed by atoms with Gasteiger partial charge in [-0.05, 0) is 42.3 Å². The van der Waals surface area contributed by atoms with E-state index in [0.717, 1.165) is 18.7 Å². The van der Waals surface area contributed by atoms with Crippen LogP contribution in [0.1, 0.15) is 5.56 Å². The number of nitrogens with zero attached hydrogens (tertiary/aromatic N) is 1. The van der Waals surface area contributed by atoms with Crippen LogP contribution < -0.4 is 15.4 Å². The number of para-hydroxylation sites is 1. The van der Waals surface area contributed by atoms with Crippen molar-refractivity contribution in [2.24, 2.45) is 0 Å². The number of aliphatic hydroxyl groups is 1. The molecule has 2 aromatic carbocycles. The lowest BCUT2D eigenvalue weighted by Crippen LogP contribution is -2.34. The minimum atomic E-state index is -0.520. The Kier molecular flexibility index (Phi) is 3.97. The van der Waals surface area contributed by atoms with Gasteiger partial charge in [-0.1, -0.05) is 18.2 Å². The molecular formula is C17H20N2O2. The van der Waals surface area contributed by atoms with E-state index >= 15 is 0 Å². The first kappa shape index (κ1) is 13.8. The highest BCUT2D eigenvalue weighted by atomic mass is 16.5. The van der Waals surface area contributed by atoms with Crippen molar-refractivity contribution in [2.45, 2.75) is 12.5 Å². The molecule has 110 valence electrons. The number of rotatable bonds is 5. The van der Waals surface area contributed by atoms with Crippen LogP contribution in [-0.2, 0) is 6.42 Å². The molecule has 3 N–H and O–H groups in total. The van der Waals surface area contributed by atoms with Gasteiger partial charge in [-0.2, -0.15) is 0 Å². The smallest absolute Gasteiger partial charge is 0.119 e. The number of nitrogens with two attached hydrogens (primary N) is 1. The van der Waals surface area contributed by atoms with Crippen molar-refractivity contribution < 1.29 is 9.84 Å². The van der Waals surface area contributed by atoms with E-state index in [-0.39, 0.29) is 6.61 Å². The largest absolute Gasteiger partial charge is 0.491 e. The fraction of sp³-hybridized carbons (Fsp3) is 0.294. The Hall–Kier alpha value is -2.20. The lowest BCUT2D eigenvalue weighted by Gasteiger charge is -2.23. The molecular weight excluding hydrogens is 264 g/mol. The lowest BCUT2D eigenvalue weighted by molar-refractivity contribution is 0.112. The Morgan fingerprint density at radius 1 is 1.14 bits per heavy atom. The molecule has 0 bridgehead atoms. The topological polar surface area (TPSA) is 58.7 Å². The number of benzene rings is 2. The van der Waals surface area contributed by atoms with Gasteiger partial charge in [0.15, 0.2) is 0 Å². The van der Waals surface area contributed by atoms with Crippen LogP contribution in [0.25, 0.3) is 0 Å². The SMILES string of the molecule is Nc1ccc(OCC(O)CN2CCc3ccccc32)cc1. The third kappa shape index (κ3) is 3.28. The molecule has 0 fully saturated rings. The first-order valence-electron chi connectivity index (χ1n) is 7.21. The van der Waals surface area contributed by atoms with Gasteiger partial charge in [-0.15, -0.1) is 0 Å². The Labute approximate surface area is 124 Å². The zero-order valence-electron chi connectivity index (χ0n) is 11.9. The number of β-amino-alcohol motifs (C(OH)–C–C–N with tert-alkyl or cyclic N) is 1. The summed E-state index contributed by atoms with van der Waals surface area (Å²) in [7, 11) is 0. The third-order valence-corrected chi connectivity index (χ3v) is 3.74. The maximum Gasteiger partial charge on any atom is 0.119 e. The molecule has 1 aliphatic rings. The molecule has 1 aliphatic heterocycles. The van der Waals surface area contributed by atoms with Crippen LogP contribution in [0, 0.1) is 0 Å². The number of hydrogen-bond donors (Lipinski definition) is 2. The number of ether oxygens (including phenoxy) is 1. The quantitative estimate of drug-likeness (QED) is 0.825. The van der Waals surface area contributed by atoms with Crippen LogP contribution >= 0.6 is 0 Å². The molecule has 0 saturated heterocycles. The second kappa shape index (κ2) is 6.06. The van der Waals surface area contributed by atoms with Crippen molar-refractivity contribution in [2.75, 3.05) is 30.3 Å². The molecule has 3 rings (SSSR count). The third-order valence-electron chi connectivity index (χ3n) is 3.74. The summed E-state index contributed by atoms with van der Waals surface area (Å²) in [4.78, 5) is 2.21. The van der Waals surface area contributed by atoms with Gasteiger partial charge in [-0.3, -0.25) is 0 Å². The molecule has 0 aromatic heterocycles. The maximum atomic E-state index is 10.2. The molecule has 0 amide bonds. The molecule has 21 heavy (non-hydrogen) atoms. The second-order valence-corrected chi connectivity index (χ2v) is 5.36. The summed E-state index contributed by atoms with van der Waals surface area (Å²) in [6, 6.07) is 15.6. The van der Waals surface area contributed by atoms with E-state index in [0.29, 0.717) is 12.2 Å². The Bertz CT molecular complexity index is 598. The number of anilines is 2. The summed E-state index contributed by atoms with van der Waals surface area (Å²) in [6.07, 6.45) is 0.524. The minimum absolute atomic E-state index is 0.280. The summed E-state index contributed by atoms with van der Waals surface area (Å²) in [5, 5.41) is 10.2. The summed E-state index contributed by atoms with van der Waals surface area (Å²) < 4.78 is 5.59. The molecule has 0 aliphatic carbocycles. The van der Waals surface area contributed by atoms with Gasteiger partial charge in [-0.25, -0.2) is 0 Å². The predicted molar refractivity (Wildman–Crippen MR) is 84.7 cm³/mol. The van der Waals surface area contributed by atoms with E-state index in [1.807, 2.05) is 18.2 Å². The molecule has 4 nitrogen and oxygen atoms in total. The zero-order valence-corrected chi connectivity index (χ0v) is 11.9.